The number of hydrogen-bond acceptors (Lipinski definition) is 1. The number of hydrogen-bond donors (Lipinski definition) is 0. The Kier molecular flexibility index (Phi) is 4.45. The van der Waals surface area contributed by atoms with Crippen LogP contribution >= 0.6 is 31.9 Å². The Labute approximate surface area is 114 Å². The first kappa shape index (κ1) is 12.6. The number of halogens is 2. The number of likely N-dealkylation sites (tertiary alicyclic amines) is 1. The lowest BCUT2D eigenvalue weighted by Gasteiger charge is -2.34. The molecule has 1 aromatic rings. The summed E-state index contributed by atoms with van der Waals surface area (Å²) in [6.07, 6.45) is 1.30. The van der Waals surface area contributed by atoms with E-state index >= 15 is 0 Å². The number of alkyl halides is 1. The van der Waals surface area contributed by atoms with Crippen LogP contribution in [0.1, 0.15) is 18.9 Å². The molecular weight excluding hydrogens is 330 g/mol. The van der Waals surface area contributed by atoms with E-state index in [4.69, 9.17) is 0 Å². The van der Waals surface area contributed by atoms with Gasteiger partial charge in [0.15, 0.2) is 0 Å². The predicted molar refractivity (Wildman–Crippen MR) is 75.9 cm³/mol. The fourth-order valence-corrected chi connectivity index (χ4v) is 3.01. The van der Waals surface area contributed by atoms with Crippen LogP contribution in [0.5, 0.6) is 0 Å². The fraction of sp³-hybridized carbons (Fsp3) is 0.538. The lowest BCUT2D eigenvalue weighted by Crippen LogP contribution is -2.39. The Hall–Kier alpha value is 0.140. The number of piperidine rings is 1. The quantitative estimate of drug-likeness (QED) is 0.730. The zero-order chi connectivity index (χ0) is 11.5. The summed E-state index contributed by atoms with van der Waals surface area (Å²) in [5.41, 5.74) is 1.40. The van der Waals surface area contributed by atoms with Crippen LogP contribution in [0.25, 0.3) is 0 Å². The van der Waals surface area contributed by atoms with Gasteiger partial charge in [-0.25, -0.2) is 0 Å². The highest BCUT2D eigenvalue weighted by Gasteiger charge is 2.23. The van der Waals surface area contributed by atoms with Crippen molar-refractivity contribution in [3.63, 3.8) is 0 Å². The van der Waals surface area contributed by atoms with Gasteiger partial charge in [0, 0.05) is 22.4 Å². The van der Waals surface area contributed by atoms with Crippen molar-refractivity contribution >= 4 is 31.9 Å². The van der Waals surface area contributed by atoms with E-state index < -0.39 is 0 Å². The molecule has 0 radical (unpaired) electrons. The van der Waals surface area contributed by atoms with Gasteiger partial charge in [0.1, 0.15) is 0 Å². The molecule has 0 aromatic heterocycles. The molecule has 0 N–H and O–H groups in total. The van der Waals surface area contributed by atoms with Gasteiger partial charge in [0.05, 0.1) is 0 Å². The topological polar surface area (TPSA) is 3.24 Å². The summed E-state index contributed by atoms with van der Waals surface area (Å²) >= 11 is 7.24. The molecule has 1 aromatic carbocycles. The van der Waals surface area contributed by atoms with Gasteiger partial charge in [-0.05, 0) is 36.6 Å². The summed E-state index contributed by atoms with van der Waals surface area (Å²) in [5, 5.41) is 0. The molecule has 1 aliphatic rings. The van der Waals surface area contributed by atoms with Crippen molar-refractivity contribution in [3.8, 4) is 0 Å². The molecule has 3 heteroatoms. The summed E-state index contributed by atoms with van der Waals surface area (Å²) in [5.74, 6) is 0.807. The molecule has 0 saturated carbocycles. The van der Waals surface area contributed by atoms with Crippen LogP contribution in [0.15, 0.2) is 28.7 Å². The summed E-state index contributed by atoms with van der Waals surface area (Å²) in [6.45, 7) is 5.79. The lowest BCUT2D eigenvalue weighted by atomic mass is 9.98. The second-order valence-corrected chi connectivity index (χ2v) is 6.74. The van der Waals surface area contributed by atoms with Crippen LogP contribution in [-0.2, 0) is 6.54 Å². The SMILES string of the molecule is CC1CCN(Cc2ccc(Br)cc2)CC1Br. The van der Waals surface area contributed by atoms with E-state index in [-0.39, 0.29) is 0 Å². The molecule has 0 bridgehead atoms. The largest absolute Gasteiger partial charge is 0.298 e. The molecule has 1 nitrogen and oxygen atoms in total. The normalized spacial score (nSPS) is 26.9. The van der Waals surface area contributed by atoms with Crippen molar-refractivity contribution in [1.82, 2.24) is 4.90 Å². The summed E-state index contributed by atoms with van der Waals surface area (Å²) in [6, 6.07) is 8.64. The van der Waals surface area contributed by atoms with E-state index in [1.807, 2.05) is 0 Å². The smallest absolute Gasteiger partial charge is 0.0299 e. The molecule has 0 spiro atoms. The summed E-state index contributed by atoms with van der Waals surface area (Å²) < 4.78 is 1.15. The maximum absolute atomic E-state index is 3.77. The average molecular weight is 347 g/mol. The number of nitrogens with zero attached hydrogens (tertiary/aromatic N) is 1. The Balaban J connectivity index is 1.93. The van der Waals surface area contributed by atoms with Crippen molar-refractivity contribution in [3.05, 3.63) is 34.3 Å². The van der Waals surface area contributed by atoms with Crippen molar-refractivity contribution in [2.75, 3.05) is 13.1 Å². The molecule has 1 fully saturated rings. The van der Waals surface area contributed by atoms with E-state index in [2.05, 4.69) is 67.9 Å². The highest BCUT2D eigenvalue weighted by atomic mass is 79.9. The Morgan fingerprint density at radius 2 is 2.00 bits per heavy atom. The molecule has 2 atom stereocenters. The average Bonchev–Trinajstić information content (AvgIpc) is 2.27. The van der Waals surface area contributed by atoms with Gasteiger partial charge in [-0.2, -0.15) is 0 Å². The van der Waals surface area contributed by atoms with Gasteiger partial charge in [0.2, 0.25) is 0 Å². The molecule has 1 heterocycles. The summed E-state index contributed by atoms with van der Waals surface area (Å²) in [7, 11) is 0. The molecule has 2 rings (SSSR count). The van der Waals surface area contributed by atoms with E-state index in [1.165, 1.54) is 18.5 Å². The molecule has 0 aliphatic carbocycles. The second kappa shape index (κ2) is 5.65. The minimum absolute atomic E-state index is 0.650. The van der Waals surface area contributed by atoms with Crippen molar-refractivity contribution in [2.45, 2.75) is 24.7 Å². The number of rotatable bonds is 2. The standard InChI is InChI=1S/C13H17Br2N/c1-10-6-7-16(9-13(10)15)8-11-2-4-12(14)5-3-11/h2-5,10,13H,6-9H2,1H3. The third kappa shape index (κ3) is 3.31. The lowest BCUT2D eigenvalue weighted by molar-refractivity contribution is 0.194. The van der Waals surface area contributed by atoms with Crippen LogP contribution in [0.2, 0.25) is 0 Å². The minimum Gasteiger partial charge on any atom is -0.298 e. The van der Waals surface area contributed by atoms with Crippen molar-refractivity contribution < 1.29 is 0 Å². The zero-order valence-electron chi connectivity index (χ0n) is 9.50. The third-order valence-electron chi connectivity index (χ3n) is 3.27. The molecule has 0 amide bonds. The first-order valence-electron chi connectivity index (χ1n) is 5.76. The van der Waals surface area contributed by atoms with Crippen LogP contribution in [0.4, 0.5) is 0 Å². The van der Waals surface area contributed by atoms with Gasteiger partial charge in [0.25, 0.3) is 0 Å². The zero-order valence-corrected chi connectivity index (χ0v) is 12.7. The maximum Gasteiger partial charge on any atom is 0.0299 e. The molecule has 88 valence electrons. The second-order valence-electron chi connectivity index (χ2n) is 4.64. The maximum atomic E-state index is 3.77. The van der Waals surface area contributed by atoms with E-state index in [0.717, 1.165) is 23.5 Å². The van der Waals surface area contributed by atoms with E-state index in [1.54, 1.807) is 0 Å². The minimum atomic E-state index is 0.650. The van der Waals surface area contributed by atoms with Crippen LogP contribution < -0.4 is 0 Å². The highest BCUT2D eigenvalue weighted by molar-refractivity contribution is 9.10. The van der Waals surface area contributed by atoms with Crippen LogP contribution in [-0.4, -0.2) is 22.8 Å². The molecule has 1 aliphatic heterocycles. The van der Waals surface area contributed by atoms with E-state index in [0.29, 0.717) is 4.83 Å². The highest BCUT2D eigenvalue weighted by Crippen LogP contribution is 2.24. The van der Waals surface area contributed by atoms with Crippen molar-refractivity contribution in [2.24, 2.45) is 5.92 Å². The molecule has 2 unspecified atom stereocenters. The van der Waals surface area contributed by atoms with Gasteiger partial charge in [-0.3, -0.25) is 4.90 Å². The van der Waals surface area contributed by atoms with Crippen LogP contribution in [0, 0.1) is 5.92 Å². The monoisotopic (exact) mass is 345 g/mol. The van der Waals surface area contributed by atoms with Gasteiger partial charge >= 0.3 is 0 Å². The third-order valence-corrected chi connectivity index (χ3v) is 4.99. The summed E-state index contributed by atoms with van der Waals surface area (Å²) in [4.78, 5) is 3.18. The van der Waals surface area contributed by atoms with Crippen LogP contribution in [0.3, 0.4) is 0 Å². The molecule has 1 saturated heterocycles. The Bertz CT molecular complexity index is 336. The van der Waals surface area contributed by atoms with E-state index in [9.17, 15) is 0 Å². The molecule has 16 heavy (non-hydrogen) atoms. The van der Waals surface area contributed by atoms with Gasteiger partial charge < -0.3 is 0 Å². The first-order valence-corrected chi connectivity index (χ1v) is 7.47. The van der Waals surface area contributed by atoms with Gasteiger partial charge in [-0.1, -0.05) is 50.9 Å². The van der Waals surface area contributed by atoms with Gasteiger partial charge in [-0.15, -0.1) is 0 Å². The number of benzene rings is 1. The first-order chi connectivity index (χ1) is 7.65. The van der Waals surface area contributed by atoms with Crippen molar-refractivity contribution in [1.29, 1.82) is 0 Å². The Morgan fingerprint density at radius 3 is 2.62 bits per heavy atom. The predicted octanol–water partition coefficient (Wildman–Crippen LogP) is 4.05. The molecular formula is C13H17Br2N. The fourth-order valence-electron chi connectivity index (χ4n) is 2.08. The Morgan fingerprint density at radius 1 is 1.31 bits per heavy atom.